The first kappa shape index (κ1) is 5.13. The third-order valence-electron chi connectivity index (χ3n) is 2.03. The van der Waals surface area contributed by atoms with Gasteiger partial charge in [0.05, 0.1) is 0 Å². The van der Waals surface area contributed by atoms with E-state index in [-0.39, 0.29) is 0 Å². The van der Waals surface area contributed by atoms with Gasteiger partial charge in [0.25, 0.3) is 0 Å². The molecule has 0 atom stereocenters. The minimum Gasteiger partial charge on any atom is -0.122 e. The van der Waals surface area contributed by atoms with Gasteiger partial charge in [0, 0.05) is 22.6 Å². The molecule has 0 aromatic rings. The van der Waals surface area contributed by atoms with E-state index >= 15 is 0 Å². The lowest BCUT2D eigenvalue weighted by Crippen LogP contribution is -2.42. The summed E-state index contributed by atoms with van der Waals surface area (Å²) < 4.78 is 0. The lowest BCUT2D eigenvalue weighted by Gasteiger charge is -2.36. The minimum absolute atomic E-state index is 0.317. The van der Waals surface area contributed by atoms with E-state index in [0.717, 1.165) is 0 Å². The van der Waals surface area contributed by atoms with E-state index in [1.165, 1.54) is 0 Å². The fraction of sp³-hybridized carbons (Fsp3) is 0.667. The largest absolute Gasteiger partial charge is 0.122 e. The van der Waals surface area contributed by atoms with Crippen molar-refractivity contribution < 1.29 is 0 Å². The molecule has 0 saturated heterocycles. The van der Waals surface area contributed by atoms with Crippen molar-refractivity contribution in [3.63, 3.8) is 0 Å². The summed E-state index contributed by atoms with van der Waals surface area (Å²) in [5.41, 5.74) is 0. The van der Waals surface area contributed by atoms with Crippen LogP contribution >= 0.6 is 23.2 Å². The molecule has 3 aliphatic carbocycles. The summed E-state index contributed by atoms with van der Waals surface area (Å²) in [6.07, 6.45) is 4.25. The quantitative estimate of drug-likeness (QED) is 0.365. The summed E-state index contributed by atoms with van der Waals surface area (Å²) in [6.45, 7) is 0. The van der Waals surface area contributed by atoms with Crippen LogP contribution in [0.2, 0.25) is 0 Å². The van der Waals surface area contributed by atoms with Gasteiger partial charge in [-0.3, -0.25) is 0 Å². The fourth-order valence-electron chi connectivity index (χ4n) is 1.40. The van der Waals surface area contributed by atoms with Crippen molar-refractivity contribution in [2.75, 3.05) is 0 Å². The maximum Gasteiger partial charge on any atom is 0.0490 e. The Morgan fingerprint density at radius 2 is 1.25 bits per heavy atom. The molecule has 0 aromatic carbocycles. The van der Waals surface area contributed by atoms with Gasteiger partial charge in [-0.1, -0.05) is 12.2 Å². The lowest BCUT2D eigenvalue weighted by atomic mass is 9.81. The Balaban J connectivity index is 2.22. The van der Waals surface area contributed by atoms with Crippen molar-refractivity contribution in [3.05, 3.63) is 12.2 Å². The average Bonchev–Trinajstić information content (AvgIpc) is 2.26. The molecule has 44 valence electrons. The second kappa shape index (κ2) is 1.43. The number of rotatable bonds is 0. The van der Waals surface area contributed by atoms with Crippen LogP contribution in [0.3, 0.4) is 0 Å². The van der Waals surface area contributed by atoms with Gasteiger partial charge >= 0.3 is 0 Å². The Morgan fingerprint density at radius 3 is 1.38 bits per heavy atom. The van der Waals surface area contributed by atoms with E-state index in [2.05, 4.69) is 12.2 Å². The molecule has 0 amide bonds. The van der Waals surface area contributed by atoms with Crippen LogP contribution in [0.1, 0.15) is 0 Å². The highest BCUT2D eigenvalue weighted by molar-refractivity contribution is 6.28. The number of alkyl halides is 2. The Bertz CT molecular complexity index is 117. The van der Waals surface area contributed by atoms with Crippen molar-refractivity contribution in [1.82, 2.24) is 0 Å². The third-order valence-corrected chi connectivity index (χ3v) is 3.19. The van der Waals surface area contributed by atoms with Crippen molar-refractivity contribution in [3.8, 4) is 0 Å². The monoisotopic (exact) mass is 148 g/mol. The summed E-state index contributed by atoms with van der Waals surface area (Å²) in [4.78, 5) is 0. The van der Waals surface area contributed by atoms with E-state index in [1.807, 2.05) is 0 Å². The van der Waals surface area contributed by atoms with Crippen LogP contribution < -0.4 is 0 Å². The first-order valence-corrected chi connectivity index (χ1v) is 3.64. The SMILES string of the molecule is ClC1C2C=CC1C2Cl. The van der Waals surface area contributed by atoms with Gasteiger partial charge in [-0.2, -0.15) is 0 Å². The normalized spacial score (nSPS) is 58.8. The summed E-state index contributed by atoms with van der Waals surface area (Å²) in [7, 11) is 0. The van der Waals surface area contributed by atoms with Crippen molar-refractivity contribution in [2.45, 2.75) is 10.8 Å². The zero-order valence-electron chi connectivity index (χ0n) is 4.22. The zero-order valence-corrected chi connectivity index (χ0v) is 5.73. The van der Waals surface area contributed by atoms with Gasteiger partial charge in [-0.05, 0) is 0 Å². The topological polar surface area (TPSA) is 0 Å². The Labute approximate surface area is 58.5 Å². The van der Waals surface area contributed by atoms with Gasteiger partial charge in [0.2, 0.25) is 0 Å². The molecule has 0 N–H and O–H groups in total. The molecular formula is C6H6Cl2. The van der Waals surface area contributed by atoms with Crippen LogP contribution in [0.15, 0.2) is 12.2 Å². The molecule has 3 aliphatic rings. The first-order chi connectivity index (χ1) is 3.80. The molecule has 0 unspecified atom stereocenters. The smallest absolute Gasteiger partial charge is 0.0490 e. The number of hydrogen-bond acceptors (Lipinski definition) is 0. The number of allylic oxidation sites excluding steroid dienone is 2. The molecular weight excluding hydrogens is 143 g/mol. The van der Waals surface area contributed by atoms with Crippen LogP contribution in [0.5, 0.6) is 0 Å². The molecule has 0 aromatic heterocycles. The summed E-state index contributed by atoms with van der Waals surface area (Å²) in [5.74, 6) is 0.951. The van der Waals surface area contributed by atoms with Crippen LogP contribution in [-0.2, 0) is 0 Å². The van der Waals surface area contributed by atoms with Crippen LogP contribution in [0.25, 0.3) is 0 Å². The Hall–Kier alpha value is 0.320. The third kappa shape index (κ3) is 0.394. The van der Waals surface area contributed by atoms with Crippen molar-refractivity contribution in [2.24, 2.45) is 11.8 Å². The molecule has 1 fully saturated rings. The molecule has 0 radical (unpaired) electrons. The molecule has 1 saturated carbocycles. The number of hydrogen-bond donors (Lipinski definition) is 0. The highest BCUT2D eigenvalue weighted by Crippen LogP contribution is 2.49. The van der Waals surface area contributed by atoms with Gasteiger partial charge in [0.1, 0.15) is 0 Å². The summed E-state index contributed by atoms with van der Waals surface area (Å²) >= 11 is 11.7. The van der Waals surface area contributed by atoms with Gasteiger partial charge < -0.3 is 0 Å². The van der Waals surface area contributed by atoms with Crippen LogP contribution in [-0.4, -0.2) is 10.8 Å². The van der Waals surface area contributed by atoms with E-state index in [4.69, 9.17) is 23.2 Å². The maximum atomic E-state index is 5.86. The molecule has 3 rings (SSSR count). The second-order valence-electron chi connectivity index (χ2n) is 2.43. The van der Waals surface area contributed by atoms with Gasteiger partial charge in [-0.15, -0.1) is 23.2 Å². The number of halogens is 2. The molecule has 2 heteroatoms. The second-order valence-corrected chi connectivity index (χ2v) is 3.44. The molecule has 2 bridgehead atoms. The predicted molar refractivity (Wildman–Crippen MR) is 35.4 cm³/mol. The fourth-order valence-corrected chi connectivity index (χ4v) is 2.51. The van der Waals surface area contributed by atoms with E-state index in [0.29, 0.717) is 22.6 Å². The average molecular weight is 149 g/mol. The maximum absolute atomic E-state index is 5.86. The molecule has 0 nitrogen and oxygen atoms in total. The summed E-state index contributed by atoms with van der Waals surface area (Å²) in [6, 6.07) is 0. The van der Waals surface area contributed by atoms with Gasteiger partial charge in [-0.25, -0.2) is 0 Å². The van der Waals surface area contributed by atoms with E-state index in [9.17, 15) is 0 Å². The first-order valence-electron chi connectivity index (χ1n) is 2.77. The predicted octanol–water partition coefficient (Wildman–Crippen LogP) is 2.02. The Kier molecular flexibility index (Phi) is 0.915. The molecule has 0 aliphatic heterocycles. The standard InChI is InChI=1S/C6H6Cl2/c7-5-3-1-2-4(5)6(3)8/h1-6H. The highest BCUT2D eigenvalue weighted by atomic mass is 35.5. The highest BCUT2D eigenvalue weighted by Gasteiger charge is 2.49. The zero-order chi connectivity index (χ0) is 5.72. The van der Waals surface area contributed by atoms with Crippen molar-refractivity contribution in [1.29, 1.82) is 0 Å². The Morgan fingerprint density at radius 1 is 0.875 bits per heavy atom. The van der Waals surface area contributed by atoms with Gasteiger partial charge in [0.15, 0.2) is 0 Å². The molecule has 0 spiro atoms. The van der Waals surface area contributed by atoms with E-state index in [1.54, 1.807) is 0 Å². The van der Waals surface area contributed by atoms with Crippen LogP contribution in [0.4, 0.5) is 0 Å². The molecule has 8 heavy (non-hydrogen) atoms. The van der Waals surface area contributed by atoms with E-state index < -0.39 is 0 Å². The van der Waals surface area contributed by atoms with Crippen LogP contribution in [0, 0.1) is 11.8 Å². The minimum atomic E-state index is 0.317. The molecule has 0 heterocycles. The summed E-state index contributed by atoms with van der Waals surface area (Å²) in [5, 5.41) is 0.634. The lowest BCUT2D eigenvalue weighted by molar-refractivity contribution is 0.354. The van der Waals surface area contributed by atoms with Crippen molar-refractivity contribution >= 4 is 23.2 Å².